The minimum atomic E-state index is -0.381. The fourth-order valence-corrected chi connectivity index (χ4v) is 2.90. The van der Waals surface area contributed by atoms with Gasteiger partial charge >= 0.3 is 0 Å². The summed E-state index contributed by atoms with van der Waals surface area (Å²) in [6, 6.07) is 10.3. The second-order valence-corrected chi connectivity index (χ2v) is 5.93. The maximum absolute atomic E-state index is 14.1. The number of rotatable bonds is 2. The highest BCUT2D eigenvalue weighted by molar-refractivity contribution is 9.10. The van der Waals surface area contributed by atoms with Gasteiger partial charge in [0.2, 0.25) is 0 Å². The number of nitrogens with two attached hydrogens (primary N) is 1. The normalized spacial score (nSPS) is 20.6. The lowest BCUT2D eigenvalue weighted by Crippen LogP contribution is -2.24. The Morgan fingerprint density at radius 3 is 2.76 bits per heavy atom. The number of hydrogen-bond acceptors (Lipinski definition) is 3. The molecule has 2 atom stereocenters. The van der Waals surface area contributed by atoms with E-state index in [1.165, 1.54) is 6.07 Å². The van der Waals surface area contributed by atoms with Crippen LogP contribution in [0.3, 0.4) is 0 Å². The smallest absolute Gasteiger partial charge is 0.131 e. The molecule has 2 N–H and O–H groups in total. The average molecular weight is 352 g/mol. The first-order valence-corrected chi connectivity index (χ1v) is 7.43. The zero-order valence-electron chi connectivity index (χ0n) is 11.5. The molecule has 0 saturated carbocycles. The van der Waals surface area contributed by atoms with Crippen LogP contribution >= 0.6 is 15.9 Å². The van der Waals surface area contributed by atoms with Gasteiger partial charge in [-0.3, -0.25) is 0 Å². The highest BCUT2D eigenvalue weighted by Crippen LogP contribution is 2.41. The molecule has 1 aliphatic rings. The van der Waals surface area contributed by atoms with Crippen LogP contribution in [0.25, 0.3) is 0 Å². The number of hydrogen-bond donors (Lipinski definition) is 1. The molecule has 3 rings (SSSR count). The topological polar surface area (TPSA) is 44.5 Å². The van der Waals surface area contributed by atoms with Crippen molar-refractivity contribution in [2.24, 2.45) is 5.73 Å². The van der Waals surface area contributed by atoms with E-state index in [2.05, 4.69) is 15.9 Å². The van der Waals surface area contributed by atoms with Crippen LogP contribution in [0.5, 0.6) is 11.5 Å². The van der Waals surface area contributed by atoms with E-state index in [-0.39, 0.29) is 18.0 Å². The summed E-state index contributed by atoms with van der Waals surface area (Å²) >= 11 is 3.25. The van der Waals surface area contributed by atoms with Crippen LogP contribution in [0.2, 0.25) is 0 Å². The van der Waals surface area contributed by atoms with Gasteiger partial charge in [0.1, 0.15) is 23.4 Å². The maximum atomic E-state index is 14.1. The van der Waals surface area contributed by atoms with E-state index >= 15 is 0 Å². The van der Waals surface area contributed by atoms with Crippen LogP contribution in [-0.2, 0) is 0 Å². The van der Waals surface area contributed by atoms with Crippen molar-refractivity contribution in [3.05, 3.63) is 57.8 Å². The van der Waals surface area contributed by atoms with Gasteiger partial charge in [-0.2, -0.15) is 0 Å². The second kappa shape index (κ2) is 5.66. The molecule has 0 spiro atoms. The molecule has 2 aromatic carbocycles. The van der Waals surface area contributed by atoms with Crippen LogP contribution in [0.15, 0.2) is 40.9 Å². The molecule has 0 aromatic heterocycles. The van der Waals surface area contributed by atoms with Gasteiger partial charge in [0.25, 0.3) is 0 Å². The Labute approximate surface area is 131 Å². The Morgan fingerprint density at radius 1 is 1.24 bits per heavy atom. The van der Waals surface area contributed by atoms with E-state index in [1.54, 1.807) is 19.2 Å². The van der Waals surface area contributed by atoms with Crippen molar-refractivity contribution in [2.45, 2.75) is 18.6 Å². The number of methoxy groups -OCH3 is 1. The highest BCUT2D eigenvalue weighted by atomic mass is 79.9. The third-order valence-corrected chi connectivity index (χ3v) is 4.16. The Bertz CT molecular complexity index is 677. The van der Waals surface area contributed by atoms with Crippen molar-refractivity contribution in [1.29, 1.82) is 0 Å². The van der Waals surface area contributed by atoms with Crippen molar-refractivity contribution < 1.29 is 13.9 Å². The maximum Gasteiger partial charge on any atom is 0.131 e. The molecule has 1 heterocycles. The van der Waals surface area contributed by atoms with Crippen molar-refractivity contribution in [2.75, 3.05) is 7.11 Å². The largest absolute Gasteiger partial charge is 0.497 e. The fourth-order valence-electron chi connectivity index (χ4n) is 2.56. The zero-order valence-corrected chi connectivity index (χ0v) is 13.1. The Balaban J connectivity index is 1.94. The van der Waals surface area contributed by atoms with Crippen LogP contribution in [-0.4, -0.2) is 7.11 Å². The number of halogens is 2. The predicted molar refractivity (Wildman–Crippen MR) is 82.0 cm³/mol. The number of ether oxygens (including phenoxy) is 2. The van der Waals surface area contributed by atoms with Crippen LogP contribution < -0.4 is 15.2 Å². The first-order valence-electron chi connectivity index (χ1n) is 6.63. The Kier molecular flexibility index (Phi) is 3.87. The molecule has 0 bridgehead atoms. The summed E-state index contributed by atoms with van der Waals surface area (Å²) in [5.74, 6) is 1.13. The van der Waals surface area contributed by atoms with Gasteiger partial charge < -0.3 is 15.2 Å². The molecule has 0 radical (unpaired) electrons. The zero-order chi connectivity index (χ0) is 15.0. The lowest BCUT2D eigenvalue weighted by Gasteiger charge is -2.31. The molecule has 21 heavy (non-hydrogen) atoms. The number of benzene rings is 2. The van der Waals surface area contributed by atoms with Crippen molar-refractivity contribution in [3.63, 3.8) is 0 Å². The van der Waals surface area contributed by atoms with Crippen molar-refractivity contribution in [1.82, 2.24) is 0 Å². The van der Waals surface area contributed by atoms with Gasteiger partial charge in [-0.25, -0.2) is 4.39 Å². The van der Waals surface area contributed by atoms with Gasteiger partial charge in [0.15, 0.2) is 0 Å². The van der Waals surface area contributed by atoms with E-state index in [9.17, 15) is 4.39 Å². The second-order valence-electron chi connectivity index (χ2n) is 5.02. The molecular formula is C16H15BrFNO2. The van der Waals surface area contributed by atoms with Crippen molar-refractivity contribution >= 4 is 15.9 Å². The van der Waals surface area contributed by atoms with Gasteiger partial charge in [0.05, 0.1) is 7.11 Å². The van der Waals surface area contributed by atoms with E-state index in [4.69, 9.17) is 15.2 Å². The first kappa shape index (κ1) is 14.4. The molecule has 1 aliphatic heterocycles. The fraction of sp³-hybridized carbons (Fsp3) is 0.250. The summed E-state index contributed by atoms with van der Waals surface area (Å²) < 4.78 is 25.9. The molecular weight excluding hydrogens is 337 g/mol. The van der Waals surface area contributed by atoms with E-state index in [0.717, 1.165) is 11.3 Å². The summed E-state index contributed by atoms with van der Waals surface area (Å²) in [6.45, 7) is 0. The van der Waals surface area contributed by atoms with Crippen LogP contribution in [0.1, 0.15) is 29.7 Å². The SMILES string of the molecule is COc1ccc2c(c1)[C@@H](N)CC(c1ccc(Br)cc1F)O2. The van der Waals surface area contributed by atoms with Gasteiger partial charge in [-0.1, -0.05) is 22.0 Å². The summed E-state index contributed by atoms with van der Waals surface area (Å²) in [4.78, 5) is 0. The van der Waals surface area contributed by atoms with Gasteiger partial charge in [-0.05, 0) is 30.3 Å². The van der Waals surface area contributed by atoms with Crippen LogP contribution in [0.4, 0.5) is 4.39 Å². The summed E-state index contributed by atoms with van der Waals surface area (Å²) in [5, 5.41) is 0. The summed E-state index contributed by atoms with van der Waals surface area (Å²) in [5.41, 5.74) is 7.63. The van der Waals surface area contributed by atoms with E-state index in [1.807, 2.05) is 18.2 Å². The third-order valence-electron chi connectivity index (χ3n) is 3.66. The lowest BCUT2D eigenvalue weighted by atomic mass is 9.93. The lowest BCUT2D eigenvalue weighted by molar-refractivity contribution is 0.157. The molecule has 0 fully saturated rings. The van der Waals surface area contributed by atoms with Crippen LogP contribution in [0, 0.1) is 5.82 Å². The number of fused-ring (bicyclic) bond motifs is 1. The average Bonchev–Trinajstić information content (AvgIpc) is 2.47. The Morgan fingerprint density at radius 2 is 2.05 bits per heavy atom. The molecule has 1 unspecified atom stereocenters. The quantitative estimate of drug-likeness (QED) is 0.884. The minimum Gasteiger partial charge on any atom is -0.497 e. The van der Waals surface area contributed by atoms with Gasteiger partial charge in [-0.15, -0.1) is 0 Å². The Hall–Kier alpha value is -1.59. The standard InChI is InChI=1S/C16H15BrFNO2/c1-20-10-3-5-15-12(7-10)14(19)8-16(21-15)11-4-2-9(17)6-13(11)18/h2-7,14,16H,8,19H2,1H3/t14-,16?/m0/s1. The van der Waals surface area contributed by atoms with Crippen molar-refractivity contribution in [3.8, 4) is 11.5 Å². The molecule has 110 valence electrons. The predicted octanol–water partition coefficient (Wildman–Crippen LogP) is 4.12. The third kappa shape index (κ3) is 2.76. The molecule has 5 heteroatoms. The molecule has 0 saturated heterocycles. The highest BCUT2D eigenvalue weighted by Gasteiger charge is 2.29. The first-order chi connectivity index (χ1) is 10.1. The van der Waals surface area contributed by atoms with Gasteiger partial charge in [0, 0.05) is 28.1 Å². The van der Waals surface area contributed by atoms with E-state index < -0.39 is 0 Å². The molecule has 0 amide bonds. The molecule has 3 nitrogen and oxygen atoms in total. The molecule has 2 aromatic rings. The molecule has 0 aliphatic carbocycles. The monoisotopic (exact) mass is 351 g/mol. The summed E-state index contributed by atoms with van der Waals surface area (Å²) in [7, 11) is 1.61. The van der Waals surface area contributed by atoms with E-state index in [0.29, 0.717) is 22.2 Å². The summed E-state index contributed by atoms with van der Waals surface area (Å²) in [6.07, 6.45) is 0.146. The minimum absolute atomic E-state index is 0.211.